The normalized spacial score (nSPS) is 14.1. The Hall–Kier alpha value is -1.05. The van der Waals surface area contributed by atoms with Crippen molar-refractivity contribution in [2.75, 3.05) is 13.7 Å². The third kappa shape index (κ3) is 4.26. The number of ether oxygens (including phenoxy) is 1. The lowest BCUT2D eigenvalue weighted by Crippen LogP contribution is -2.44. The van der Waals surface area contributed by atoms with Crippen molar-refractivity contribution in [2.24, 2.45) is 5.73 Å². The Bertz CT molecular complexity index is 207. The first-order chi connectivity index (χ1) is 6.69. The quantitative estimate of drug-likeness (QED) is 0.585. The van der Waals surface area contributed by atoms with Crippen LogP contribution in [0.15, 0.2) is 0 Å². The lowest BCUT2D eigenvalue weighted by molar-refractivity contribution is -0.131. The number of rotatable bonds is 6. The van der Waals surface area contributed by atoms with Gasteiger partial charge in [0, 0.05) is 26.1 Å². The zero-order valence-electron chi connectivity index (χ0n) is 8.75. The Morgan fingerprint density at radius 2 is 2.36 bits per heavy atom. The highest BCUT2D eigenvalue weighted by Crippen LogP contribution is 1.97. The van der Waals surface area contributed by atoms with E-state index in [0.29, 0.717) is 6.42 Å². The lowest BCUT2D eigenvalue weighted by Gasteiger charge is -2.18. The number of carbonyl (C=O) groups is 1. The van der Waals surface area contributed by atoms with Crippen LogP contribution < -0.4 is 11.1 Å². The molecule has 0 aliphatic heterocycles. The van der Waals surface area contributed by atoms with E-state index in [1.807, 2.05) is 6.92 Å². The lowest BCUT2D eigenvalue weighted by atomic mass is 10.1. The van der Waals surface area contributed by atoms with Crippen LogP contribution in [0.25, 0.3) is 0 Å². The summed E-state index contributed by atoms with van der Waals surface area (Å²) >= 11 is 0. The Morgan fingerprint density at radius 1 is 1.71 bits per heavy atom. The van der Waals surface area contributed by atoms with Crippen molar-refractivity contribution in [1.82, 2.24) is 5.32 Å². The van der Waals surface area contributed by atoms with Gasteiger partial charge in [0.05, 0.1) is 0 Å². The van der Waals surface area contributed by atoms with Crippen LogP contribution in [0.3, 0.4) is 0 Å². The van der Waals surface area contributed by atoms with Gasteiger partial charge in [-0.25, -0.2) is 0 Å². The van der Waals surface area contributed by atoms with Crippen molar-refractivity contribution in [3.63, 3.8) is 0 Å². The minimum absolute atomic E-state index is 0.0108. The van der Waals surface area contributed by atoms with E-state index in [4.69, 9.17) is 16.9 Å². The van der Waals surface area contributed by atoms with Crippen molar-refractivity contribution in [3.05, 3.63) is 0 Å². The molecule has 2 unspecified atom stereocenters. The highest BCUT2D eigenvalue weighted by atomic mass is 16.5. The van der Waals surface area contributed by atoms with Crippen molar-refractivity contribution >= 4 is 5.91 Å². The molecule has 3 N–H and O–H groups in total. The summed E-state index contributed by atoms with van der Waals surface area (Å²) in [5, 5.41) is 2.78. The average Bonchev–Trinajstić information content (AvgIpc) is 2.19. The van der Waals surface area contributed by atoms with Gasteiger partial charge < -0.3 is 15.8 Å². The molecule has 4 heteroatoms. The molecule has 0 aromatic rings. The summed E-state index contributed by atoms with van der Waals surface area (Å²) in [4.78, 5) is 11.5. The summed E-state index contributed by atoms with van der Waals surface area (Å²) in [5.74, 6) is 2.32. The molecule has 1 amide bonds. The number of amides is 1. The van der Waals surface area contributed by atoms with Crippen molar-refractivity contribution in [3.8, 4) is 12.3 Å². The molecule has 0 spiro atoms. The first-order valence-corrected chi connectivity index (χ1v) is 4.66. The largest absolute Gasteiger partial charge is 0.370 e. The molecule has 2 atom stereocenters. The van der Waals surface area contributed by atoms with Crippen LogP contribution in [-0.2, 0) is 9.53 Å². The second-order valence-electron chi connectivity index (χ2n) is 2.98. The Kier molecular flexibility index (Phi) is 6.81. The SMILES string of the molecule is C#CCC(CC)NC(=O)C(CN)OC. The fraction of sp³-hybridized carbons (Fsp3) is 0.700. The molecule has 0 saturated heterocycles. The molecule has 0 heterocycles. The number of terminal acetylenes is 1. The van der Waals surface area contributed by atoms with E-state index < -0.39 is 6.10 Å². The maximum Gasteiger partial charge on any atom is 0.250 e. The van der Waals surface area contributed by atoms with E-state index in [1.165, 1.54) is 7.11 Å². The summed E-state index contributed by atoms with van der Waals surface area (Å²) in [6.45, 7) is 2.14. The number of nitrogens with two attached hydrogens (primary N) is 1. The van der Waals surface area contributed by atoms with E-state index in [2.05, 4.69) is 11.2 Å². The van der Waals surface area contributed by atoms with Crippen molar-refractivity contribution in [1.29, 1.82) is 0 Å². The molecule has 80 valence electrons. The van der Waals surface area contributed by atoms with E-state index in [1.54, 1.807) is 0 Å². The number of hydrogen-bond donors (Lipinski definition) is 2. The summed E-state index contributed by atoms with van der Waals surface area (Å²) in [7, 11) is 1.46. The second kappa shape index (κ2) is 7.36. The zero-order valence-corrected chi connectivity index (χ0v) is 8.75. The minimum atomic E-state index is -0.582. The van der Waals surface area contributed by atoms with Gasteiger partial charge in [-0.15, -0.1) is 12.3 Å². The van der Waals surface area contributed by atoms with Crippen LogP contribution in [0.4, 0.5) is 0 Å². The minimum Gasteiger partial charge on any atom is -0.370 e. The smallest absolute Gasteiger partial charge is 0.250 e. The van der Waals surface area contributed by atoms with Crippen LogP contribution in [0.5, 0.6) is 0 Å². The molecular formula is C10H18N2O2. The first kappa shape index (κ1) is 12.9. The second-order valence-corrected chi connectivity index (χ2v) is 2.98. The van der Waals surface area contributed by atoms with Crippen LogP contribution in [-0.4, -0.2) is 31.7 Å². The molecule has 0 rings (SSSR count). The van der Waals surface area contributed by atoms with Gasteiger partial charge in [0.15, 0.2) is 0 Å². The highest BCUT2D eigenvalue weighted by Gasteiger charge is 2.18. The third-order valence-electron chi connectivity index (χ3n) is 1.99. The van der Waals surface area contributed by atoms with Crippen LogP contribution in [0, 0.1) is 12.3 Å². The van der Waals surface area contributed by atoms with E-state index >= 15 is 0 Å². The van der Waals surface area contributed by atoms with Crippen molar-refractivity contribution in [2.45, 2.75) is 31.9 Å². The van der Waals surface area contributed by atoms with Gasteiger partial charge in [-0.3, -0.25) is 4.79 Å². The zero-order chi connectivity index (χ0) is 11.0. The Morgan fingerprint density at radius 3 is 2.71 bits per heavy atom. The van der Waals surface area contributed by atoms with Gasteiger partial charge in [0.25, 0.3) is 5.91 Å². The molecular weight excluding hydrogens is 180 g/mol. The molecule has 0 aromatic carbocycles. The molecule has 0 saturated carbocycles. The summed E-state index contributed by atoms with van der Waals surface area (Å²) in [6, 6.07) is 0.0108. The molecule has 0 bridgehead atoms. The maximum atomic E-state index is 11.5. The maximum absolute atomic E-state index is 11.5. The van der Waals surface area contributed by atoms with Gasteiger partial charge in [-0.2, -0.15) is 0 Å². The predicted molar refractivity (Wildman–Crippen MR) is 55.5 cm³/mol. The number of carbonyl (C=O) groups excluding carboxylic acids is 1. The molecule has 0 aromatic heterocycles. The molecule has 0 aliphatic rings. The number of methoxy groups -OCH3 is 1. The average molecular weight is 198 g/mol. The molecule has 0 fully saturated rings. The van der Waals surface area contributed by atoms with E-state index in [0.717, 1.165) is 6.42 Å². The third-order valence-corrected chi connectivity index (χ3v) is 1.99. The van der Waals surface area contributed by atoms with Gasteiger partial charge >= 0.3 is 0 Å². The van der Waals surface area contributed by atoms with E-state index in [9.17, 15) is 4.79 Å². The van der Waals surface area contributed by atoms with E-state index in [-0.39, 0.29) is 18.5 Å². The summed E-state index contributed by atoms with van der Waals surface area (Å²) in [5.41, 5.74) is 5.35. The fourth-order valence-corrected chi connectivity index (χ4v) is 1.04. The van der Waals surface area contributed by atoms with Gasteiger partial charge in [-0.05, 0) is 6.42 Å². The number of nitrogens with one attached hydrogen (secondary N) is 1. The Labute approximate surface area is 85.2 Å². The van der Waals surface area contributed by atoms with Gasteiger partial charge in [0.2, 0.25) is 0 Å². The van der Waals surface area contributed by atoms with Gasteiger partial charge in [0.1, 0.15) is 6.10 Å². The molecule has 14 heavy (non-hydrogen) atoms. The van der Waals surface area contributed by atoms with Crippen LogP contribution >= 0.6 is 0 Å². The first-order valence-electron chi connectivity index (χ1n) is 4.66. The highest BCUT2D eigenvalue weighted by molar-refractivity contribution is 5.81. The molecule has 4 nitrogen and oxygen atoms in total. The Balaban J connectivity index is 4.07. The van der Waals surface area contributed by atoms with Crippen LogP contribution in [0.2, 0.25) is 0 Å². The van der Waals surface area contributed by atoms with Crippen molar-refractivity contribution < 1.29 is 9.53 Å². The monoisotopic (exact) mass is 198 g/mol. The predicted octanol–water partition coefficient (Wildman–Crippen LogP) is -0.122. The fourth-order valence-electron chi connectivity index (χ4n) is 1.04. The molecule has 0 radical (unpaired) electrons. The summed E-state index contributed by atoms with van der Waals surface area (Å²) < 4.78 is 4.90. The summed E-state index contributed by atoms with van der Waals surface area (Å²) in [6.07, 6.45) is 5.92. The van der Waals surface area contributed by atoms with Gasteiger partial charge in [-0.1, -0.05) is 6.92 Å². The number of hydrogen-bond acceptors (Lipinski definition) is 3. The topological polar surface area (TPSA) is 64.4 Å². The van der Waals surface area contributed by atoms with Crippen LogP contribution in [0.1, 0.15) is 19.8 Å². The molecule has 0 aliphatic carbocycles. The standard InChI is InChI=1S/C10H18N2O2/c1-4-6-8(5-2)12-10(13)9(7-11)14-3/h1,8-9H,5-7,11H2,2-3H3,(H,12,13).